The molecule has 100 valence electrons. The number of nitrogens with two attached hydrogens (primary N) is 1. The Kier molecular flexibility index (Phi) is 5.88. The van der Waals surface area contributed by atoms with E-state index in [1.165, 1.54) is 0 Å². The number of hydrogen-bond acceptors (Lipinski definition) is 4. The predicted octanol–water partition coefficient (Wildman–Crippen LogP) is -0.0972. The third kappa shape index (κ3) is 4.26. The minimum Gasteiger partial charge on any atom is -0.385 e. The lowest BCUT2D eigenvalue weighted by atomic mass is 10.1. The molecular formula is C12H25N3O2. The molecular weight excluding hydrogens is 218 g/mol. The van der Waals surface area contributed by atoms with Gasteiger partial charge < -0.3 is 20.3 Å². The van der Waals surface area contributed by atoms with E-state index in [2.05, 4.69) is 19.0 Å². The van der Waals surface area contributed by atoms with E-state index in [0.717, 1.165) is 25.9 Å². The molecule has 1 amide bonds. The first-order valence-electron chi connectivity index (χ1n) is 6.26. The van der Waals surface area contributed by atoms with Crippen molar-refractivity contribution in [2.24, 2.45) is 5.73 Å². The van der Waals surface area contributed by atoms with Gasteiger partial charge in [0.25, 0.3) is 0 Å². The molecule has 0 aliphatic carbocycles. The number of hydrogen-bond donors (Lipinski definition) is 1. The summed E-state index contributed by atoms with van der Waals surface area (Å²) in [7, 11) is 5.77. The molecule has 1 aliphatic rings. The maximum absolute atomic E-state index is 12.0. The van der Waals surface area contributed by atoms with Gasteiger partial charge in [0.2, 0.25) is 5.91 Å². The first kappa shape index (κ1) is 14.4. The fourth-order valence-electron chi connectivity index (χ4n) is 2.17. The van der Waals surface area contributed by atoms with E-state index in [-0.39, 0.29) is 11.9 Å². The molecule has 5 heteroatoms. The quantitative estimate of drug-likeness (QED) is 0.662. The van der Waals surface area contributed by atoms with Crippen LogP contribution >= 0.6 is 0 Å². The van der Waals surface area contributed by atoms with Crippen molar-refractivity contribution in [2.45, 2.75) is 31.3 Å². The van der Waals surface area contributed by atoms with Gasteiger partial charge in [-0.1, -0.05) is 0 Å². The van der Waals surface area contributed by atoms with E-state index < -0.39 is 0 Å². The van der Waals surface area contributed by atoms with E-state index >= 15 is 0 Å². The number of methoxy groups -OCH3 is 1. The van der Waals surface area contributed by atoms with Crippen LogP contribution in [0, 0.1) is 0 Å². The van der Waals surface area contributed by atoms with E-state index in [1.807, 2.05) is 4.90 Å². The van der Waals surface area contributed by atoms with E-state index in [4.69, 9.17) is 10.5 Å². The van der Waals surface area contributed by atoms with Gasteiger partial charge in [-0.3, -0.25) is 4.79 Å². The summed E-state index contributed by atoms with van der Waals surface area (Å²) in [6.45, 7) is 2.31. The number of amides is 1. The molecule has 1 saturated heterocycles. The zero-order valence-electron chi connectivity index (χ0n) is 11.2. The van der Waals surface area contributed by atoms with Gasteiger partial charge in [-0.2, -0.15) is 0 Å². The molecule has 0 saturated carbocycles. The average Bonchev–Trinajstić information content (AvgIpc) is 2.77. The molecule has 2 N–H and O–H groups in total. The monoisotopic (exact) mass is 243 g/mol. The summed E-state index contributed by atoms with van der Waals surface area (Å²) in [5.41, 5.74) is 5.90. The number of likely N-dealkylation sites (tertiary alicyclic amines) is 1. The third-order valence-corrected chi connectivity index (χ3v) is 3.39. The van der Waals surface area contributed by atoms with Crippen LogP contribution in [0.5, 0.6) is 0 Å². The highest BCUT2D eigenvalue weighted by atomic mass is 16.5. The Morgan fingerprint density at radius 2 is 2.29 bits per heavy atom. The van der Waals surface area contributed by atoms with E-state index in [0.29, 0.717) is 19.1 Å². The Hall–Kier alpha value is -0.650. The molecule has 0 spiro atoms. The fourth-order valence-corrected chi connectivity index (χ4v) is 2.17. The van der Waals surface area contributed by atoms with Crippen molar-refractivity contribution in [3.8, 4) is 0 Å². The lowest BCUT2D eigenvalue weighted by Gasteiger charge is -2.22. The number of likely N-dealkylation sites (N-methyl/N-ethyl adjacent to an activating group) is 1. The molecule has 1 fully saturated rings. The van der Waals surface area contributed by atoms with Crippen molar-refractivity contribution in [1.82, 2.24) is 9.80 Å². The molecule has 17 heavy (non-hydrogen) atoms. The SMILES string of the molecule is COCCCC(N)C(=O)N1CCC(N(C)C)C1. The summed E-state index contributed by atoms with van der Waals surface area (Å²) < 4.78 is 4.96. The molecule has 5 nitrogen and oxygen atoms in total. The summed E-state index contributed by atoms with van der Waals surface area (Å²) in [6.07, 6.45) is 2.59. The van der Waals surface area contributed by atoms with Crippen LogP contribution in [-0.2, 0) is 9.53 Å². The van der Waals surface area contributed by atoms with Gasteiger partial charge in [0, 0.05) is 32.8 Å². The van der Waals surface area contributed by atoms with Crippen LogP contribution in [0.15, 0.2) is 0 Å². The molecule has 0 bridgehead atoms. The zero-order chi connectivity index (χ0) is 12.8. The normalized spacial score (nSPS) is 22.2. The average molecular weight is 243 g/mol. The molecule has 2 atom stereocenters. The second kappa shape index (κ2) is 6.93. The van der Waals surface area contributed by atoms with E-state index in [9.17, 15) is 4.79 Å². The number of carbonyl (C=O) groups excluding carboxylic acids is 1. The highest BCUT2D eigenvalue weighted by Gasteiger charge is 2.29. The van der Waals surface area contributed by atoms with Gasteiger partial charge in [0.05, 0.1) is 6.04 Å². The molecule has 0 aromatic rings. The van der Waals surface area contributed by atoms with Gasteiger partial charge in [-0.05, 0) is 33.4 Å². The van der Waals surface area contributed by atoms with Gasteiger partial charge in [-0.15, -0.1) is 0 Å². The second-order valence-electron chi connectivity index (χ2n) is 4.93. The summed E-state index contributed by atoms with van der Waals surface area (Å²) >= 11 is 0. The maximum Gasteiger partial charge on any atom is 0.239 e. The highest BCUT2D eigenvalue weighted by Crippen LogP contribution is 2.14. The number of carbonyl (C=O) groups is 1. The Balaban J connectivity index is 2.32. The maximum atomic E-state index is 12.0. The third-order valence-electron chi connectivity index (χ3n) is 3.39. The van der Waals surface area contributed by atoms with Gasteiger partial charge >= 0.3 is 0 Å². The predicted molar refractivity (Wildman–Crippen MR) is 67.8 cm³/mol. The highest BCUT2D eigenvalue weighted by molar-refractivity contribution is 5.81. The van der Waals surface area contributed by atoms with Gasteiger partial charge in [0.15, 0.2) is 0 Å². The minimum absolute atomic E-state index is 0.0884. The molecule has 0 aromatic heterocycles. The first-order chi connectivity index (χ1) is 8.06. The Labute approximate surface area is 104 Å². The largest absolute Gasteiger partial charge is 0.385 e. The van der Waals surface area contributed by atoms with Crippen molar-refractivity contribution in [3.63, 3.8) is 0 Å². The summed E-state index contributed by atoms with van der Waals surface area (Å²) in [5, 5.41) is 0. The minimum atomic E-state index is -0.369. The summed E-state index contributed by atoms with van der Waals surface area (Å²) in [6, 6.07) is 0.108. The Morgan fingerprint density at radius 1 is 1.59 bits per heavy atom. The van der Waals surface area contributed by atoms with Crippen LogP contribution in [0.2, 0.25) is 0 Å². The molecule has 1 aliphatic heterocycles. The topological polar surface area (TPSA) is 58.8 Å². The first-order valence-corrected chi connectivity index (χ1v) is 6.26. The van der Waals surface area contributed by atoms with Crippen LogP contribution in [-0.4, -0.2) is 68.7 Å². The van der Waals surface area contributed by atoms with Crippen LogP contribution in [0.25, 0.3) is 0 Å². The molecule has 1 rings (SSSR count). The number of ether oxygens (including phenoxy) is 1. The lowest BCUT2D eigenvalue weighted by molar-refractivity contribution is -0.131. The molecule has 0 aromatic carbocycles. The van der Waals surface area contributed by atoms with Crippen molar-refractivity contribution in [1.29, 1.82) is 0 Å². The van der Waals surface area contributed by atoms with Crippen LogP contribution in [0.3, 0.4) is 0 Å². The fraction of sp³-hybridized carbons (Fsp3) is 0.917. The zero-order valence-corrected chi connectivity index (χ0v) is 11.2. The smallest absolute Gasteiger partial charge is 0.239 e. The lowest BCUT2D eigenvalue weighted by Crippen LogP contribution is -2.44. The van der Waals surface area contributed by atoms with Gasteiger partial charge in [-0.25, -0.2) is 0 Å². The summed E-state index contributed by atoms with van der Waals surface area (Å²) in [5.74, 6) is 0.0884. The van der Waals surface area contributed by atoms with Crippen molar-refractivity contribution < 1.29 is 9.53 Å². The molecule has 1 heterocycles. The Bertz CT molecular complexity index is 246. The Morgan fingerprint density at radius 3 is 2.82 bits per heavy atom. The standard InChI is InChI=1S/C12H25N3O2/c1-14(2)10-6-7-15(9-10)12(16)11(13)5-4-8-17-3/h10-11H,4-9,13H2,1-3H3. The molecule has 0 radical (unpaired) electrons. The molecule has 2 unspecified atom stereocenters. The second-order valence-corrected chi connectivity index (χ2v) is 4.93. The van der Waals surface area contributed by atoms with Crippen LogP contribution in [0.4, 0.5) is 0 Å². The van der Waals surface area contributed by atoms with Crippen molar-refractivity contribution in [3.05, 3.63) is 0 Å². The van der Waals surface area contributed by atoms with Crippen LogP contribution < -0.4 is 5.73 Å². The van der Waals surface area contributed by atoms with Crippen molar-refractivity contribution >= 4 is 5.91 Å². The van der Waals surface area contributed by atoms with Crippen LogP contribution in [0.1, 0.15) is 19.3 Å². The van der Waals surface area contributed by atoms with Gasteiger partial charge in [0.1, 0.15) is 0 Å². The van der Waals surface area contributed by atoms with E-state index in [1.54, 1.807) is 7.11 Å². The number of nitrogens with zero attached hydrogens (tertiary/aromatic N) is 2. The van der Waals surface area contributed by atoms with Crippen molar-refractivity contribution in [2.75, 3.05) is 40.9 Å². The number of rotatable bonds is 6. The summed E-state index contributed by atoms with van der Waals surface area (Å²) in [4.78, 5) is 16.1.